The molecule has 200 valence electrons. The molecule has 1 N–H and O–H groups in total. The molecule has 0 unspecified atom stereocenters. The molecule has 1 amide bonds. The van der Waals surface area contributed by atoms with E-state index < -0.39 is 39.9 Å². The minimum absolute atomic E-state index is 0.0556. The van der Waals surface area contributed by atoms with Crippen LogP contribution in [0.3, 0.4) is 0 Å². The number of halogens is 2. The molecule has 0 atom stereocenters. The largest absolute Gasteiger partial charge is 0.476 e. The first kappa shape index (κ1) is 27.6. The van der Waals surface area contributed by atoms with E-state index in [4.69, 9.17) is 4.74 Å². The van der Waals surface area contributed by atoms with Gasteiger partial charge >= 0.3 is 5.69 Å². The predicted molar refractivity (Wildman–Crippen MR) is 149 cm³/mol. The molecular weight excluding hydrogens is 573 g/mol. The number of aromatic nitrogens is 2. The molecule has 0 aliphatic rings. The van der Waals surface area contributed by atoms with Gasteiger partial charge in [0.1, 0.15) is 11.6 Å². The van der Waals surface area contributed by atoms with Crippen LogP contribution in [0.1, 0.15) is 32.2 Å². The average Bonchev–Trinajstić information content (AvgIpc) is 2.88. The van der Waals surface area contributed by atoms with Crippen molar-refractivity contribution in [2.45, 2.75) is 26.2 Å². The van der Waals surface area contributed by atoms with Crippen LogP contribution >= 0.6 is 15.9 Å². The molecule has 0 radical (unpaired) electrons. The second kappa shape index (κ2) is 11.1. The molecule has 10 nitrogen and oxygen atoms in total. The number of carbonyl (C=O) groups is 1. The SMILES string of the molecule is CC(C)(C)c1nc2ccc(Br)cc2c(=O)n1N=Cc1cccc([N+](=O)[O-])c1OCC(=O)Nc1ccccc1F. The summed E-state index contributed by atoms with van der Waals surface area (Å²) in [6.45, 7) is 4.99. The van der Waals surface area contributed by atoms with Crippen molar-refractivity contribution < 1.29 is 18.8 Å². The van der Waals surface area contributed by atoms with Crippen molar-refractivity contribution in [3.63, 3.8) is 0 Å². The molecule has 1 aromatic heterocycles. The number of anilines is 1. The Balaban J connectivity index is 1.73. The minimum Gasteiger partial charge on any atom is -0.476 e. The van der Waals surface area contributed by atoms with Gasteiger partial charge in [-0.15, -0.1) is 0 Å². The molecule has 0 saturated heterocycles. The maximum atomic E-state index is 13.9. The van der Waals surface area contributed by atoms with E-state index >= 15 is 0 Å². The average molecular weight is 596 g/mol. The van der Waals surface area contributed by atoms with E-state index in [-0.39, 0.29) is 17.0 Å². The number of nitro groups is 1. The van der Waals surface area contributed by atoms with Crippen molar-refractivity contribution >= 4 is 50.3 Å². The van der Waals surface area contributed by atoms with Crippen LogP contribution in [0.4, 0.5) is 15.8 Å². The number of hydrogen-bond donors (Lipinski definition) is 1. The monoisotopic (exact) mass is 595 g/mol. The van der Waals surface area contributed by atoms with Gasteiger partial charge in [-0.1, -0.05) is 54.9 Å². The van der Waals surface area contributed by atoms with Gasteiger partial charge < -0.3 is 10.1 Å². The summed E-state index contributed by atoms with van der Waals surface area (Å²) in [5.41, 5.74) is -0.838. The van der Waals surface area contributed by atoms with Crippen LogP contribution in [0, 0.1) is 15.9 Å². The number of fused-ring (bicyclic) bond motifs is 1. The summed E-state index contributed by atoms with van der Waals surface area (Å²) in [5.74, 6) is -1.23. The topological polar surface area (TPSA) is 129 Å². The number of hydrogen-bond acceptors (Lipinski definition) is 7. The molecule has 39 heavy (non-hydrogen) atoms. The second-order valence-corrected chi connectivity index (χ2v) is 10.4. The summed E-state index contributed by atoms with van der Waals surface area (Å²) in [7, 11) is 0. The van der Waals surface area contributed by atoms with Gasteiger partial charge in [0.05, 0.1) is 27.7 Å². The number of nitro benzene ring substituents is 1. The fourth-order valence-corrected chi connectivity index (χ4v) is 4.05. The maximum absolute atomic E-state index is 13.9. The van der Waals surface area contributed by atoms with Crippen molar-refractivity contribution in [1.82, 2.24) is 9.66 Å². The van der Waals surface area contributed by atoms with E-state index in [1.807, 2.05) is 20.8 Å². The van der Waals surface area contributed by atoms with Gasteiger partial charge in [-0.3, -0.25) is 19.7 Å². The molecular formula is C27H23BrFN5O5. The number of para-hydroxylation sites is 2. The van der Waals surface area contributed by atoms with E-state index in [2.05, 4.69) is 31.3 Å². The number of nitrogens with zero attached hydrogens (tertiary/aromatic N) is 4. The van der Waals surface area contributed by atoms with E-state index in [1.165, 1.54) is 42.6 Å². The van der Waals surface area contributed by atoms with E-state index in [1.54, 1.807) is 24.3 Å². The highest BCUT2D eigenvalue weighted by Crippen LogP contribution is 2.30. The smallest absolute Gasteiger partial charge is 0.311 e. The molecule has 4 rings (SSSR count). The molecule has 0 saturated carbocycles. The lowest BCUT2D eigenvalue weighted by Gasteiger charge is -2.21. The third-order valence-electron chi connectivity index (χ3n) is 5.51. The third-order valence-corrected chi connectivity index (χ3v) is 6.00. The molecule has 0 aliphatic carbocycles. The fraction of sp³-hybridized carbons (Fsp3) is 0.185. The Labute approximate surface area is 230 Å². The van der Waals surface area contributed by atoms with Crippen LogP contribution in [0.5, 0.6) is 5.75 Å². The highest BCUT2D eigenvalue weighted by atomic mass is 79.9. The summed E-state index contributed by atoms with van der Waals surface area (Å²) < 4.78 is 21.2. The van der Waals surface area contributed by atoms with Crippen molar-refractivity contribution in [3.8, 4) is 5.75 Å². The van der Waals surface area contributed by atoms with Gasteiger partial charge in [0.2, 0.25) is 5.75 Å². The number of benzene rings is 3. The zero-order chi connectivity index (χ0) is 28.3. The molecule has 0 spiro atoms. The van der Waals surface area contributed by atoms with E-state index in [0.717, 1.165) is 4.68 Å². The summed E-state index contributed by atoms with van der Waals surface area (Å²) in [6, 6.07) is 14.8. The summed E-state index contributed by atoms with van der Waals surface area (Å²) >= 11 is 3.36. The Morgan fingerprint density at radius 3 is 2.64 bits per heavy atom. The van der Waals surface area contributed by atoms with Gasteiger partial charge in [-0.25, -0.2) is 9.37 Å². The minimum atomic E-state index is -0.725. The van der Waals surface area contributed by atoms with Gasteiger partial charge in [0, 0.05) is 21.5 Å². The number of ether oxygens (including phenoxy) is 1. The van der Waals surface area contributed by atoms with Crippen molar-refractivity contribution in [3.05, 3.63) is 103 Å². The highest BCUT2D eigenvalue weighted by Gasteiger charge is 2.24. The first-order valence-electron chi connectivity index (χ1n) is 11.7. The van der Waals surface area contributed by atoms with Crippen LogP contribution in [-0.4, -0.2) is 33.3 Å². The predicted octanol–water partition coefficient (Wildman–Crippen LogP) is 5.40. The van der Waals surface area contributed by atoms with Crippen molar-refractivity contribution in [1.29, 1.82) is 0 Å². The van der Waals surface area contributed by atoms with Crippen LogP contribution in [0.15, 0.2) is 75.0 Å². The standard InChI is InChI=1S/C27H23BrFN5O5/c1-27(2,3)26-32-20-12-11-17(28)13-18(20)25(36)33(26)30-14-16-7-6-10-22(34(37)38)24(16)39-15-23(35)31-21-9-5-4-8-19(21)29/h4-14H,15H2,1-3H3,(H,31,35). The Bertz CT molecular complexity index is 1680. The first-order valence-corrected chi connectivity index (χ1v) is 12.5. The molecule has 3 aromatic carbocycles. The zero-order valence-corrected chi connectivity index (χ0v) is 22.7. The quantitative estimate of drug-likeness (QED) is 0.173. The van der Waals surface area contributed by atoms with Crippen molar-refractivity contribution in [2.24, 2.45) is 5.10 Å². The van der Waals surface area contributed by atoms with Gasteiger partial charge in [-0.2, -0.15) is 9.78 Å². The molecule has 1 heterocycles. The normalized spacial score (nSPS) is 11.6. The molecule has 0 aliphatic heterocycles. The number of carbonyl (C=O) groups excluding carboxylic acids is 1. The van der Waals surface area contributed by atoms with Gasteiger partial charge in [-0.05, 0) is 36.4 Å². The molecule has 0 fully saturated rings. The lowest BCUT2D eigenvalue weighted by molar-refractivity contribution is -0.385. The Morgan fingerprint density at radius 1 is 1.21 bits per heavy atom. The Hall–Kier alpha value is -4.45. The fourth-order valence-electron chi connectivity index (χ4n) is 3.69. The van der Waals surface area contributed by atoms with Crippen LogP contribution in [-0.2, 0) is 10.2 Å². The van der Waals surface area contributed by atoms with Crippen molar-refractivity contribution in [2.75, 3.05) is 11.9 Å². The third kappa shape index (κ3) is 6.17. The van der Waals surface area contributed by atoms with Gasteiger partial charge in [0.15, 0.2) is 6.61 Å². The maximum Gasteiger partial charge on any atom is 0.311 e. The molecule has 0 bridgehead atoms. The van der Waals surface area contributed by atoms with Crippen LogP contribution in [0.2, 0.25) is 0 Å². The number of amides is 1. The van der Waals surface area contributed by atoms with Crippen LogP contribution in [0.25, 0.3) is 10.9 Å². The van der Waals surface area contributed by atoms with Crippen LogP contribution < -0.4 is 15.6 Å². The Kier molecular flexibility index (Phi) is 7.86. The highest BCUT2D eigenvalue weighted by molar-refractivity contribution is 9.10. The summed E-state index contributed by atoms with van der Waals surface area (Å²) in [6.07, 6.45) is 1.24. The summed E-state index contributed by atoms with van der Waals surface area (Å²) in [4.78, 5) is 41.5. The lowest BCUT2D eigenvalue weighted by atomic mass is 9.95. The zero-order valence-electron chi connectivity index (χ0n) is 21.1. The molecule has 4 aromatic rings. The Morgan fingerprint density at radius 2 is 1.95 bits per heavy atom. The summed E-state index contributed by atoms with van der Waals surface area (Å²) in [5, 5.41) is 18.7. The second-order valence-electron chi connectivity index (χ2n) is 9.48. The van der Waals surface area contributed by atoms with Gasteiger partial charge in [0.25, 0.3) is 11.5 Å². The molecule has 12 heteroatoms. The number of nitrogens with one attached hydrogen (secondary N) is 1. The van der Waals surface area contributed by atoms with E-state index in [9.17, 15) is 24.1 Å². The lowest BCUT2D eigenvalue weighted by Crippen LogP contribution is -2.29. The first-order chi connectivity index (χ1) is 18.5. The number of rotatable bonds is 7. The van der Waals surface area contributed by atoms with E-state index in [0.29, 0.717) is 21.2 Å².